The molecule has 1 saturated heterocycles. The topological polar surface area (TPSA) is 70.4 Å². The molecule has 0 amide bonds. The Hall–Kier alpha value is -2.62. The summed E-state index contributed by atoms with van der Waals surface area (Å²) < 4.78 is 33.0. The van der Waals surface area contributed by atoms with E-state index in [0.717, 1.165) is 17.7 Å². The lowest BCUT2D eigenvalue weighted by Crippen LogP contribution is -2.38. The van der Waals surface area contributed by atoms with Gasteiger partial charge in [-0.2, -0.15) is 9.57 Å². The van der Waals surface area contributed by atoms with Crippen LogP contribution < -0.4 is 4.74 Å². The van der Waals surface area contributed by atoms with E-state index in [0.29, 0.717) is 6.54 Å². The molecule has 1 aliphatic heterocycles. The molecule has 4 rings (SSSR count). The minimum absolute atomic E-state index is 0.0608. The number of benzene rings is 2. The lowest BCUT2D eigenvalue weighted by Gasteiger charge is -2.37. The van der Waals surface area contributed by atoms with Crippen molar-refractivity contribution in [3.05, 3.63) is 72.3 Å². The normalized spacial score (nSPS) is 27.1. The van der Waals surface area contributed by atoms with Crippen molar-refractivity contribution in [3.8, 4) is 11.8 Å². The van der Waals surface area contributed by atoms with E-state index in [-0.39, 0.29) is 23.3 Å². The zero-order valence-corrected chi connectivity index (χ0v) is 16.5. The summed E-state index contributed by atoms with van der Waals surface area (Å²) in [6.45, 7) is 0.528. The second-order valence-electron chi connectivity index (χ2n) is 7.36. The molecule has 28 heavy (non-hydrogen) atoms. The molecule has 0 N–H and O–H groups in total. The smallest absolute Gasteiger partial charge is 0.243 e. The number of hydrogen-bond donors (Lipinski definition) is 0. The number of nitrogens with zero attached hydrogens (tertiary/aromatic N) is 2. The van der Waals surface area contributed by atoms with Gasteiger partial charge in [0.05, 0.1) is 23.5 Å². The molecular formula is C22H22N2O3S. The first kappa shape index (κ1) is 18.7. The zero-order valence-electron chi connectivity index (χ0n) is 15.7. The summed E-state index contributed by atoms with van der Waals surface area (Å²) in [5, 5.41) is 10.2. The Morgan fingerprint density at radius 1 is 1.14 bits per heavy atom. The van der Waals surface area contributed by atoms with Crippen molar-refractivity contribution < 1.29 is 13.2 Å². The fourth-order valence-electron chi connectivity index (χ4n) is 4.44. The first-order valence-electron chi connectivity index (χ1n) is 9.28. The Labute approximate surface area is 165 Å². The number of fused-ring (bicyclic) bond motifs is 1. The summed E-state index contributed by atoms with van der Waals surface area (Å²) in [4.78, 5) is 0.270. The lowest BCUT2D eigenvalue weighted by molar-refractivity contribution is 0.271. The Morgan fingerprint density at radius 3 is 2.50 bits per heavy atom. The predicted molar refractivity (Wildman–Crippen MR) is 106 cm³/mol. The van der Waals surface area contributed by atoms with Gasteiger partial charge in [-0.05, 0) is 36.2 Å². The number of ether oxygens (including phenoxy) is 1. The maximum absolute atomic E-state index is 13.1. The van der Waals surface area contributed by atoms with Crippen LogP contribution in [0.15, 0.2) is 71.6 Å². The van der Waals surface area contributed by atoms with Gasteiger partial charge in [-0.15, -0.1) is 0 Å². The first-order valence-corrected chi connectivity index (χ1v) is 10.7. The summed E-state index contributed by atoms with van der Waals surface area (Å²) >= 11 is 0. The number of methoxy groups -OCH3 is 1. The third kappa shape index (κ3) is 2.92. The number of allylic oxidation sites excluding steroid dienone is 1. The number of hydrogen-bond acceptors (Lipinski definition) is 4. The fourth-order valence-corrected chi connectivity index (χ4v) is 5.98. The molecule has 2 aromatic rings. The van der Waals surface area contributed by atoms with E-state index in [1.165, 1.54) is 4.31 Å². The van der Waals surface area contributed by atoms with Crippen molar-refractivity contribution in [2.24, 2.45) is 11.3 Å². The highest BCUT2D eigenvalue weighted by Gasteiger charge is 2.55. The molecule has 2 aliphatic rings. The highest BCUT2D eigenvalue weighted by Crippen LogP contribution is 2.52. The van der Waals surface area contributed by atoms with Gasteiger partial charge >= 0.3 is 0 Å². The van der Waals surface area contributed by atoms with E-state index in [1.807, 2.05) is 30.3 Å². The molecule has 2 aromatic carbocycles. The second-order valence-corrected chi connectivity index (χ2v) is 9.30. The Bertz CT molecular complexity index is 1030. The molecule has 1 heterocycles. The van der Waals surface area contributed by atoms with Crippen molar-refractivity contribution in [2.75, 3.05) is 20.2 Å². The molecular weight excluding hydrogens is 372 g/mol. The zero-order chi connectivity index (χ0) is 19.8. The van der Waals surface area contributed by atoms with Crippen LogP contribution in [-0.4, -0.2) is 32.9 Å². The van der Waals surface area contributed by atoms with Crippen LogP contribution in [0.3, 0.4) is 0 Å². The lowest BCUT2D eigenvalue weighted by atomic mass is 9.63. The molecule has 0 unspecified atom stereocenters. The van der Waals surface area contributed by atoms with E-state index in [2.05, 4.69) is 12.1 Å². The van der Waals surface area contributed by atoms with Crippen molar-refractivity contribution in [1.29, 1.82) is 5.26 Å². The summed E-state index contributed by atoms with van der Waals surface area (Å²) in [5.41, 5.74) is 0.265. The van der Waals surface area contributed by atoms with Gasteiger partial charge in [-0.1, -0.05) is 42.5 Å². The predicted octanol–water partition coefficient (Wildman–Crippen LogP) is 3.57. The van der Waals surface area contributed by atoms with Crippen LogP contribution in [0.25, 0.3) is 0 Å². The summed E-state index contributed by atoms with van der Waals surface area (Å²) in [5.74, 6) is 0.573. The van der Waals surface area contributed by atoms with Crippen LogP contribution in [0.2, 0.25) is 0 Å². The van der Waals surface area contributed by atoms with Gasteiger partial charge in [0.1, 0.15) is 5.75 Å². The fraction of sp³-hybridized carbons (Fsp3) is 0.318. The van der Waals surface area contributed by atoms with Gasteiger partial charge in [0.25, 0.3) is 0 Å². The molecule has 5 nitrogen and oxygen atoms in total. The minimum atomic E-state index is -3.63. The van der Waals surface area contributed by atoms with E-state index in [9.17, 15) is 13.7 Å². The Balaban J connectivity index is 1.71. The van der Waals surface area contributed by atoms with Crippen LogP contribution >= 0.6 is 0 Å². The molecule has 0 saturated carbocycles. The SMILES string of the molecule is COc1ccc([C@H]2CC=C[C@@H]3CN(S(=O)(=O)c4ccccc4)C[C@@]32C#N)cc1. The van der Waals surface area contributed by atoms with Gasteiger partial charge in [-0.25, -0.2) is 8.42 Å². The molecule has 0 bridgehead atoms. The van der Waals surface area contributed by atoms with Crippen LogP contribution in [0.4, 0.5) is 0 Å². The van der Waals surface area contributed by atoms with Gasteiger partial charge in [0.2, 0.25) is 10.0 Å². The van der Waals surface area contributed by atoms with Gasteiger partial charge in [0.15, 0.2) is 0 Å². The molecule has 0 radical (unpaired) electrons. The largest absolute Gasteiger partial charge is 0.497 e. The summed E-state index contributed by atoms with van der Waals surface area (Å²) in [6.07, 6.45) is 4.81. The summed E-state index contributed by atoms with van der Waals surface area (Å²) in [7, 11) is -2.01. The number of sulfonamides is 1. The van der Waals surface area contributed by atoms with Gasteiger partial charge in [-0.3, -0.25) is 0 Å². The first-order chi connectivity index (χ1) is 13.5. The third-order valence-electron chi connectivity index (χ3n) is 5.97. The van der Waals surface area contributed by atoms with Crippen LogP contribution in [0.1, 0.15) is 17.9 Å². The second kappa shape index (κ2) is 7.08. The van der Waals surface area contributed by atoms with Crippen molar-refractivity contribution in [1.82, 2.24) is 4.31 Å². The van der Waals surface area contributed by atoms with E-state index in [4.69, 9.17) is 4.74 Å². The van der Waals surface area contributed by atoms with Crippen molar-refractivity contribution in [3.63, 3.8) is 0 Å². The van der Waals surface area contributed by atoms with Crippen molar-refractivity contribution in [2.45, 2.75) is 17.2 Å². The average molecular weight is 394 g/mol. The molecule has 1 aliphatic carbocycles. The number of nitriles is 1. The molecule has 3 atom stereocenters. The number of rotatable bonds is 4. The average Bonchev–Trinajstić information content (AvgIpc) is 3.15. The van der Waals surface area contributed by atoms with E-state index < -0.39 is 15.4 Å². The quantitative estimate of drug-likeness (QED) is 0.744. The molecule has 6 heteroatoms. The van der Waals surface area contributed by atoms with E-state index in [1.54, 1.807) is 37.4 Å². The summed E-state index contributed by atoms with van der Waals surface area (Å²) in [6, 6.07) is 18.7. The van der Waals surface area contributed by atoms with Crippen LogP contribution in [0, 0.1) is 22.7 Å². The molecule has 144 valence electrons. The van der Waals surface area contributed by atoms with Crippen LogP contribution in [0.5, 0.6) is 5.75 Å². The van der Waals surface area contributed by atoms with Gasteiger partial charge in [0, 0.05) is 24.9 Å². The standard InChI is InChI=1S/C22H22N2O3S/c1-27-19-12-10-17(11-13-19)21-9-5-6-18-14-24(16-22(18,21)15-23)28(25,26)20-7-3-2-4-8-20/h2-8,10-13,18,21H,9,14,16H2,1H3/t18-,21-,22+/m1/s1. The molecule has 0 aromatic heterocycles. The van der Waals surface area contributed by atoms with Gasteiger partial charge < -0.3 is 4.74 Å². The Kier molecular flexibility index (Phi) is 4.74. The maximum Gasteiger partial charge on any atom is 0.243 e. The van der Waals surface area contributed by atoms with Crippen LogP contribution in [-0.2, 0) is 10.0 Å². The van der Waals surface area contributed by atoms with Crippen molar-refractivity contribution >= 4 is 10.0 Å². The van der Waals surface area contributed by atoms with E-state index >= 15 is 0 Å². The minimum Gasteiger partial charge on any atom is -0.497 e. The monoisotopic (exact) mass is 394 g/mol. The third-order valence-corrected chi connectivity index (χ3v) is 7.80. The molecule has 0 spiro atoms. The highest BCUT2D eigenvalue weighted by atomic mass is 32.2. The highest BCUT2D eigenvalue weighted by molar-refractivity contribution is 7.89. The molecule has 1 fully saturated rings. The Morgan fingerprint density at radius 2 is 1.86 bits per heavy atom. The maximum atomic E-state index is 13.1.